The molecule has 0 aliphatic heterocycles. The lowest BCUT2D eigenvalue weighted by molar-refractivity contribution is 0.0827. The van der Waals surface area contributed by atoms with Crippen LogP contribution in [0, 0.1) is 0 Å². The van der Waals surface area contributed by atoms with E-state index in [9.17, 15) is 4.79 Å². The van der Waals surface area contributed by atoms with Crippen molar-refractivity contribution in [2.24, 2.45) is 4.99 Å². The van der Waals surface area contributed by atoms with E-state index in [1.165, 1.54) is 4.88 Å². The number of nitrogens with zero attached hydrogens (tertiary/aromatic N) is 3. The van der Waals surface area contributed by atoms with Crippen LogP contribution in [0.25, 0.3) is 0 Å². The van der Waals surface area contributed by atoms with Gasteiger partial charge in [-0.3, -0.25) is 9.79 Å². The fourth-order valence-electron chi connectivity index (χ4n) is 2.88. The number of likely N-dealkylation sites (N-methyl/N-ethyl adjacent to an activating group) is 1. The quantitative estimate of drug-likeness (QED) is 0.314. The summed E-state index contributed by atoms with van der Waals surface area (Å²) in [5.74, 6) is 0.805. The lowest BCUT2D eigenvalue weighted by atomic mass is 10.1. The second-order valence-corrected chi connectivity index (χ2v) is 8.00. The highest BCUT2D eigenvalue weighted by Crippen LogP contribution is 2.22. The largest absolute Gasteiger partial charge is 0.356 e. The van der Waals surface area contributed by atoms with Crippen LogP contribution in [0.15, 0.2) is 46.8 Å². The van der Waals surface area contributed by atoms with Crippen LogP contribution in [0.1, 0.15) is 26.8 Å². The lowest BCUT2D eigenvalue weighted by Crippen LogP contribution is -2.42. The Labute approximate surface area is 195 Å². The average molecular weight is 529 g/mol. The number of carbonyl (C=O) groups is 1. The fourth-order valence-corrected chi connectivity index (χ4v) is 3.80. The molecule has 0 fully saturated rings. The van der Waals surface area contributed by atoms with Gasteiger partial charge < -0.3 is 20.4 Å². The van der Waals surface area contributed by atoms with Crippen molar-refractivity contribution in [1.82, 2.24) is 20.4 Å². The molecule has 1 unspecified atom stereocenters. The monoisotopic (exact) mass is 529 g/mol. The Balaban J connectivity index is 0.00000420. The number of hydrogen-bond donors (Lipinski definition) is 2. The van der Waals surface area contributed by atoms with Crippen LogP contribution in [-0.2, 0) is 6.42 Å². The average Bonchev–Trinajstić information content (AvgIpc) is 3.20. The molecule has 0 radical (unpaired) electrons. The van der Waals surface area contributed by atoms with Gasteiger partial charge in [0.1, 0.15) is 0 Å². The number of hydrogen-bond acceptors (Lipinski definition) is 4. The molecule has 0 aliphatic rings. The van der Waals surface area contributed by atoms with E-state index >= 15 is 0 Å². The van der Waals surface area contributed by atoms with Crippen molar-refractivity contribution in [3.63, 3.8) is 0 Å². The van der Waals surface area contributed by atoms with Crippen LogP contribution < -0.4 is 10.6 Å². The molecule has 1 aromatic carbocycles. The zero-order valence-corrected chi connectivity index (χ0v) is 21.0. The van der Waals surface area contributed by atoms with Crippen LogP contribution in [0.5, 0.6) is 0 Å². The normalized spacial score (nSPS) is 12.3. The second-order valence-electron chi connectivity index (χ2n) is 7.02. The molecule has 0 aliphatic carbocycles. The molecular formula is C21H32IN5OS. The molecule has 0 bridgehead atoms. The topological polar surface area (TPSA) is 60.0 Å². The highest BCUT2D eigenvalue weighted by Gasteiger charge is 2.15. The van der Waals surface area contributed by atoms with Crippen molar-refractivity contribution in [3.05, 3.63) is 57.8 Å². The molecule has 29 heavy (non-hydrogen) atoms. The standard InChI is InChI=1S/C21H31N5OS.HI/c1-22-21(24-15-18(25(2)3)19-10-7-13-28-19)23-12-11-16-8-6-9-17(14-16)20(27)26(4)5;/h6-10,13-14,18H,11-12,15H2,1-5H3,(H2,22,23,24);1H. The highest BCUT2D eigenvalue weighted by atomic mass is 127. The predicted octanol–water partition coefficient (Wildman–Crippen LogP) is 3.08. The summed E-state index contributed by atoms with van der Waals surface area (Å²) in [7, 11) is 9.49. The number of halogens is 1. The second kappa shape index (κ2) is 12.8. The van der Waals surface area contributed by atoms with E-state index in [0.717, 1.165) is 36.6 Å². The van der Waals surface area contributed by atoms with Gasteiger partial charge in [0.15, 0.2) is 5.96 Å². The minimum Gasteiger partial charge on any atom is -0.356 e. The van der Waals surface area contributed by atoms with Gasteiger partial charge in [-0.2, -0.15) is 0 Å². The molecule has 6 nitrogen and oxygen atoms in total. The summed E-state index contributed by atoms with van der Waals surface area (Å²) in [5, 5.41) is 8.88. The summed E-state index contributed by atoms with van der Waals surface area (Å²) >= 11 is 1.77. The number of rotatable bonds is 8. The van der Waals surface area contributed by atoms with E-state index in [-0.39, 0.29) is 29.9 Å². The minimum absolute atomic E-state index is 0. The Hall–Kier alpha value is -1.65. The summed E-state index contributed by atoms with van der Waals surface area (Å²) in [6.45, 7) is 1.52. The molecule has 2 rings (SSSR count). The molecule has 0 saturated carbocycles. The van der Waals surface area contributed by atoms with Crippen LogP contribution in [-0.4, -0.2) is 70.0 Å². The molecule has 0 saturated heterocycles. The van der Waals surface area contributed by atoms with Gasteiger partial charge >= 0.3 is 0 Å². The van der Waals surface area contributed by atoms with Crippen LogP contribution in [0.4, 0.5) is 0 Å². The first-order valence-electron chi connectivity index (χ1n) is 9.37. The first kappa shape index (κ1) is 25.4. The molecule has 2 N–H and O–H groups in total. The van der Waals surface area contributed by atoms with E-state index < -0.39 is 0 Å². The zero-order valence-electron chi connectivity index (χ0n) is 17.8. The maximum absolute atomic E-state index is 12.1. The Kier molecular flexibility index (Phi) is 11.2. The summed E-state index contributed by atoms with van der Waals surface area (Å²) in [4.78, 5) is 21.6. The van der Waals surface area contributed by atoms with Gasteiger partial charge in [-0.05, 0) is 49.7 Å². The molecule has 1 heterocycles. The number of amides is 1. The van der Waals surface area contributed by atoms with Gasteiger partial charge in [-0.15, -0.1) is 35.3 Å². The number of nitrogens with one attached hydrogen (secondary N) is 2. The lowest BCUT2D eigenvalue weighted by Gasteiger charge is -2.24. The van der Waals surface area contributed by atoms with Gasteiger partial charge in [0.2, 0.25) is 0 Å². The first-order chi connectivity index (χ1) is 13.4. The third-order valence-corrected chi connectivity index (χ3v) is 5.44. The van der Waals surface area contributed by atoms with E-state index in [2.05, 4.69) is 52.1 Å². The summed E-state index contributed by atoms with van der Waals surface area (Å²) in [5.41, 5.74) is 1.84. The van der Waals surface area contributed by atoms with E-state index in [1.807, 2.05) is 24.3 Å². The molecule has 2 aromatic rings. The smallest absolute Gasteiger partial charge is 0.253 e. The van der Waals surface area contributed by atoms with Crippen molar-refractivity contribution in [2.75, 3.05) is 48.3 Å². The first-order valence-corrected chi connectivity index (χ1v) is 10.2. The molecular weight excluding hydrogens is 497 g/mol. The predicted molar refractivity (Wildman–Crippen MR) is 134 cm³/mol. The summed E-state index contributed by atoms with van der Waals surface area (Å²) in [6.07, 6.45) is 0.817. The van der Waals surface area contributed by atoms with Crippen molar-refractivity contribution in [1.29, 1.82) is 0 Å². The van der Waals surface area contributed by atoms with Gasteiger partial charge in [0, 0.05) is 44.7 Å². The fraction of sp³-hybridized carbons (Fsp3) is 0.429. The third-order valence-electron chi connectivity index (χ3n) is 4.47. The van der Waals surface area contributed by atoms with E-state index in [4.69, 9.17) is 0 Å². The highest BCUT2D eigenvalue weighted by molar-refractivity contribution is 14.0. The number of benzene rings is 1. The SMILES string of the molecule is CN=C(NCCc1cccc(C(=O)N(C)C)c1)NCC(c1cccs1)N(C)C.I. The van der Waals surface area contributed by atoms with Crippen LogP contribution >= 0.6 is 35.3 Å². The maximum atomic E-state index is 12.1. The van der Waals surface area contributed by atoms with Crippen LogP contribution in [0.3, 0.4) is 0 Å². The molecule has 1 amide bonds. The van der Waals surface area contributed by atoms with Crippen molar-refractivity contribution in [3.8, 4) is 0 Å². The molecule has 160 valence electrons. The number of carbonyl (C=O) groups excluding carboxylic acids is 1. The Morgan fingerprint density at radius 1 is 1.14 bits per heavy atom. The van der Waals surface area contributed by atoms with Gasteiger partial charge in [-0.25, -0.2) is 0 Å². The summed E-state index contributed by atoms with van der Waals surface area (Å²) < 4.78 is 0. The van der Waals surface area contributed by atoms with Crippen molar-refractivity contribution >= 4 is 47.2 Å². The van der Waals surface area contributed by atoms with E-state index in [0.29, 0.717) is 6.04 Å². The Morgan fingerprint density at radius 2 is 1.90 bits per heavy atom. The van der Waals surface area contributed by atoms with Crippen molar-refractivity contribution < 1.29 is 4.79 Å². The summed E-state index contributed by atoms with van der Waals surface area (Å²) in [6, 6.07) is 12.3. The number of aliphatic imine (C=N–C) groups is 1. The molecule has 1 atom stereocenters. The molecule has 0 spiro atoms. The number of thiophene rings is 1. The Morgan fingerprint density at radius 3 is 2.48 bits per heavy atom. The van der Waals surface area contributed by atoms with Crippen molar-refractivity contribution in [2.45, 2.75) is 12.5 Å². The number of guanidine groups is 1. The Bertz CT molecular complexity index is 777. The third kappa shape index (κ3) is 7.94. The maximum Gasteiger partial charge on any atom is 0.253 e. The van der Waals surface area contributed by atoms with Crippen LogP contribution in [0.2, 0.25) is 0 Å². The zero-order chi connectivity index (χ0) is 20.5. The van der Waals surface area contributed by atoms with Gasteiger partial charge in [0.05, 0.1) is 6.04 Å². The van der Waals surface area contributed by atoms with Gasteiger partial charge in [-0.1, -0.05) is 18.2 Å². The van der Waals surface area contributed by atoms with Gasteiger partial charge in [0.25, 0.3) is 5.91 Å². The molecule has 1 aromatic heterocycles. The van der Waals surface area contributed by atoms with E-state index in [1.54, 1.807) is 37.4 Å². The molecule has 8 heteroatoms. The minimum atomic E-state index is 0.